The summed E-state index contributed by atoms with van der Waals surface area (Å²) in [5.74, 6) is 0. The monoisotopic (exact) mass is 261 g/mol. The molecule has 17 heavy (non-hydrogen) atoms. The first kappa shape index (κ1) is 12.0. The van der Waals surface area contributed by atoms with Gasteiger partial charge in [0.15, 0.2) is 10.6 Å². The highest BCUT2D eigenvalue weighted by Gasteiger charge is 2.22. The van der Waals surface area contributed by atoms with Crippen LogP contribution < -0.4 is 10.6 Å². The fourth-order valence-corrected chi connectivity index (χ4v) is 2.78. The number of hydrogen-bond donors (Lipinski definition) is 0. The summed E-state index contributed by atoms with van der Waals surface area (Å²) >= 11 is 5.78. The summed E-state index contributed by atoms with van der Waals surface area (Å²) in [6.07, 6.45) is 0. The van der Waals surface area contributed by atoms with Crippen LogP contribution in [-0.4, -0.2) is 0 Å². The van der Waals surface area contributed by atoms with Crippen LogP contribution in [0, 0.1) is 0 Å². The Bertz CT molecular complexity index is 546. The van der Waals surface area contributed by atoms with E-state index < -0.39 is 7.80 Å². The maximum absolute atomic E-state index is 12.2. The molecule has 0 spiro atoms. The fraction of sp³-hybridized carbons (Fsp3) is 0. The van der Waals surface area contributed by atoms with Crippen LogP contribution in [-0.2, 0) is 4.57 Å². The summed E-state index contributed by atoms with van der Waals surface area (Å²) in [5.41, 5.74) is 0.854. The quantitative estimate of drug-likeness (QED) is 0.771. The van der Waals surface area contributed by atoms with Crippen LogP contribution in [0.25, 0.3) is 5.03 Å². The van der Waals surface area contributed by atoms with Gasteiger partial charge in [-0.1, -0.05) is 40.9 Å². The molecule has 3 heteroatoms. The van der Waals surface area contributed by atoms with E-state index in [0.717, 1.165) is 16.2 Å². The molecule has 0 aliphatic carbocycles. The zero-order valence-electron chi connectivity index (χ0n) is 9.14. The van der Waals surface area contributed by atoms with Crippen molar-refractivity contribution in [3.63, 3.8) is 0 Å². The average molecular weight is 262 g/mol. The van der Waals surface area contributed by atoms with Gasteiger partial charge in [0, 0.05) is 5.03 Å². The molecule has 0 radical (unpaired) electrons. The summed E-state index contributed by atoms with van der Waals surface area (Å²) in [6, 6.07) is 16.7. The van der Waals surface area contributed by atoms with Crippen molar-refractivity contribution in [1.29, 1.82) is 0 Å². The van der Waals surface area contributed by atoms with Gasteiger partial charge in [-0.2, -0.15) is 0 Å². The highest BCUT2D eigenvalue weighted by Crippen LogP contribution is 2.21. The van der Waals surface area contributed by atoms with Crippen molar-refractivity contribution in [3.05, 3.63) is 66.7 Å². The van der Waals surface area contributed by atoms with Crippen LogP contribution in [0.4, 0.5) is 0 Å². The van der Waals surface area contributed by atoms with Crippen LogP contribution in [0.15, 0.2) is 61.2 Å². The van der Waals surface area contributed by atoms with Gasteiger partial charge in [-0.15, -0.1) is 0 Å². The molecule has 2 rings (SSSR count). The third kappa shape index (κ3) is 2.82. The van der Waals surface area contributed by atoms with E-state index in [1.54, 1.807) is 0 Å². The predicted molar refractivity (Wildman–Crippen MR) is 74.6 cm³/mol. The molecule has 0 aliphatic heterocycles. The van der Waals surface area contributed by atoms with Crippen molar-refractivity contribution in [3.8, 4) is 0 Å². The standard InChI is InChI=1S/C14H11ClOP/c1-11(15)12-7-9-14(10-8-12)17(16)13-5-3-2-4-6-13/h2-10H,1H2/q+1. The molecule has 2 aromatic rings. The van der Waals surface area contributed by atoms with Gasteiger partial charge in [0.05, 0.1) is 0 Å². The van der Waals surface area contributed by atoms with Crippen LogP contribution in [0.5, 0.6) is 0 Å². The van der Waals surface area contributed by atoms with Crippen molar-refractivity contribution >= 4 is 35.0 Å². The van der Waals surface area contributed by atoms with Crippen molar-refractivity contribution < 1.29 is 4.57 Å². The molecule has 0 saturated heterocycles. The third-order valence-electron chi connectivity index (χ3n) is 2.41. The summed E-state index contributed by atoms with van der Waals surface area (Å²) in [6.45, 7) is 3.65. The van der Waals surface area contributed by atoms with E-state index in [-0.39, 0.29) is 0 Å². The van der Waals surface area contributed by atoms with Gasteiger partial charge in [-0.25, -0.2) is 0 Å². The number of hydrogen-bond acceptors (Lipinski definition) is 1. The SMILES string of the molecule is C=C(Cl)c1ccc([P+](=O)c2ccccc2)cc1. The van der Waals surface area contributed by atoms with Crippen molar-refractivity contribution in [2.75, 3.05) is 0 Å². The normalized spacial score (nSPS) is 11.0. The smallest absolute Gasteiger partial charge is 0.0843 e. The second kappa shape index (κ2) is 5.27. The van der Waals surface area contributed by atoms with Gasteiger partial charge in [-0.05, 0) is 42.0 Å². The molecule has 0 saturated carbocycles. The minimum Gasteiger partial charge on any atom is -0.0843 e. The predicted octanol–water partition coefficient (Wildman–Crippen LogP) is 3.67. The Hall–Kier alpha value is -1.43. The zero-order valence-corrected chi connectivity index (χ0v) is 10.8. The van der Waals surface area contributed by atoms with E-state index in [4.69, 9.17) is 11.6 Å². The zero-order chi connectivity index (χ0) is 12.3. The Kier molecular flexibility index (Phi) is 3.73. The maximum atomic E-state index is 12.2. The molecule has 0 amide bonds. The molecule has 1 unspecified atom stereocenters. The van der Waals surface area contributed by atoms with Crippen LogP contribution in [0.3, 0.4) is 0 Å². The van der Waals surface area contributed by atoms with E-state index >= 15 is 0 Å². The average Bonchev–Trinajstić information content (AvgIpc) is 2.39. The lowest BCUT2D eigenvalue weighted by molar-refractivity contribution is 0.598. The molecule has 0 N–H and O–H groups in total. The fourth-order valence-electron chi connectivity index (χ4n) is 1.49. The van der Waals surface area contributed by atoms with Gasteiger partial charge >= 0.3 is 7.80 Å². The first-order chi connectivity index (χ1) is 8.18. The maximum Gasteiger partial charge on any atom is 0.415 e. The molecular formula is C14H11ClOP+. The molecule has 0 aliphatic rings. The minimum absolute atomic E-state index is 0.492. The van der Waals surface area contributed by atoms with Crippen molar-refractivity contribution in [1.82, 2.24) is 0 Å². The lowest BCUT2D eigenvalue weighted by atomic mass is 10.2. The molecule has 0 heterocycles. The molecule has 1 nitrogen and oxygen atoms in total. The summed E-state index contributed by atoms with van der Waals surface area (Å²) in [7, 11) is -1.53. The number of rotatable bonds is 3. The molecular weight excluding hydrogens is 251 g/mol. The molecule has 0 aromatic heterocycles. The van der Waals surface area contributed by atoms with Gasteiger partial charge in [0.25, 0.3) is 0 Å². The van der Waals surface area contributed by atoms with Crippen LogP contribution in [0.1, 0.15) is 5.56 Å². The van der Waals surface area contributed by atoms with Crippen LogP contribution >= 0.6 is 19.4 Å². The first-order valence-corrected chi connectivity index (χ1v) is 6.79. The van der Waals surface area contributed by atoms with Gasteiger partial charge in [-0.3, -0.25) is 0 Å². The third-order valence-corrected chi connectivity index (χ3v) is 4.16. The summed E-state index contributed by atoms with van der Waals surface area (Å²) in [4.78, 5) is 0. The second-order valence-electron chi connectivity index (χ2n) is 3.58. The Morgan fingerprint density at radius 1 is 0.941 bits per heavy atom. The Morgan fingerprint density at radius 3 is 2.00 bits per heavy atom. The van der Waals surface area contributed by atoms with E-state index in [1.165, 1.54) is 0 Å². The molecule has 84 valence electrons. The van der Waals surface area contributed by atoms with E-state index in [9.17, 15) is 4.57 Å². The van der Waals surface area contributed by atoms with E-state index in [2.05, 4.69) is 6.58 Å². The Labute approximate surface area is 107 Å². The molecule has 0 fully saturated rings. The molecule has 1 atom stereocenters. The number of halogens is 1. The topological polar surface area (TPSA) is 17.1 Å². The van der Waals surface area contributed by atoms with Crippen molar-refractivity contribution in [2.45, 2.75) is 0 Å². The summed E-state index contributed by atoms with van der Waals surface area (Å²) < 4.78 is 12.2. The highest BCUT2D eigenvalue weighted by molar-refractivity contribution is 7.61. The van der Waals surface area contributed by atoms with Crippen molar-refractivity contribution in [2.24, 2.45) is 0 Å². The van der Waals surface area contributed by atoms with Gasteiger partial charge in [0.1, 0.15) is 0 Å². The Morgan fingerprint density at radius 2 is 1.47 bits per heavy atom. The lowest BCUT2D eigenvalue weighted by Crippen LogP contribution is -2.05. The van der Waals surface area contributed by atoms with Gasteiger partial charge < -0.3 is 0 Å². The molecule has 0 bridgehead atoms. The van der Waals surface area contributed by atoms with Crippen LogP contribution in [0.2, 0.25) is 0 Å². The van der Waals surface area contributed by atoms with Gasteiger partial charge in [0.2, 0.25) is 0 Å². The number of benzene rings is 2. The second-order valence-corrected chi connectivity index (χ2v) is 5.66. The first-order valence-electron chi connectivity index (χ1n) is 5.15. The largest absolute Gasteiger partial charge is 0.415 e. The summed E-state index contributed by atoms with van der Waals surface area (Å²) in [5, 5.41) is 2.12. The minimum atomic E-state index is -1.53. The van der Waals surface area contributed by atoms with E-state index in [0.29, 0.717) is 5.03 Å². The lowest BCUT2D eigenvalue weighted by Gasteiger charge is -1.95. The Balaban J connectivity index is 2.30. The van der Waals surface area contributed by atoms with E-state index in [1.807, 2.05) is 54.6 Å². The highest BCUT2D eigenvalue weighted by atomic mass is 35.5. The molecule has 2 aromatic carbocycles.